The second-order valence-corrected chi connectivity index (χ2v) is 4.35. The van der Waals surface area contributed by atoms with Gasteiger partial charge < -0.3 is 0 Å². The Labute approximate surface area is 115 Å². The monoisotopic (exact) mass is 263 g/mol. The van der Waals surface area contributed by atoms with Crippen molar-refractivity contribution < 1.29 is 4.39 Å². The number of aromatic nitrogens is 2. The summed E-state index contributed by atoms with van der Waals surface area (Å²) in [6, 6.07) is 15.9. The van der Waals surface area contributed by atoms with Gasteiger partial charge in [0.1, 0.15) is 5.82 Å². The van der Waals surface area contributed by atoms with E-state index in [0.29, 0.717) is 5.69 Å². The van der Waals surface area contributed by atoms with Gasteiger partial charge in [-0.05, 0) is 23.8 Å². The fraction of sp³-hybridized carbons (Fsp3) is 0. The Morgan fingerprint density at radius 1 is 1.05 bits per heavy atom. The van der Waals surface area contributed by atoms with Crippen LogP contribution in [0.4, 0.5) is 4.39 Å². The number of nitriles is 1. The minimum atomic E-state index is -0.448. The van der Waals surface area contributed by atoms with Crippen molar-refractivity contribution in [3.8, 4) is 22.9 Å². The normalized spacial score (nSPS) is 10.2. The molecule has 4 heteroatoms. The summed E-state index contributed by atoms with van der Waals surface area (Å²) in [5.74, 6) is -0.448. The zero-order chi connectivity index (χ0) is 13.9. The zero-order valence-corrected chi connectivity index (χ0v) is 10.5. The summed E-state index contributed by atoms with van der Waals surface area (Å²) in [5.41, 5.74) is 2.78. The molecule has 0 saturated carbocycles. The zero-order valence-electron chi connectivity index (χ0n) is 10.5. The standard InChI is InChI=1S/C16H10FN3/c17-15-6-12(9-18)7-16(8-15)20-11-14(10-19-20)13-4-2-1-3-5-13/h1-8,10-11H. The van der Waals surface area contributed by atoms with Crippen LogP contribution in [0.25, 0.3) is 16.8 Å². The summed E-state index contributed by atoms with van der Waals surface area (Å²) in [5, 5.41) is 13.1. The second-order valence-electron chi connectivity index (χ2n) is 4.35. The first-order chi connectivity index (χ1) is 9.76. The first-order valence-corrected chi connectivity index (χ1v) is 6.07. The van der Waals surface area contributed by atoms with Crippen molar-refractivity contribution >= 4 is 0 Å². The summed E-state index contributed by atoms with van der Waals surface area (Å²) in [6.07, 6.45) is 3.53. The van der Waals surface area contributed by atoms with Crippen LogP contribution in [-0.4, -0.2) is 9.78 Å². The molecule has 3 rings (SSSR count). The Bertz CT molecular complexity index is 785. The molecule has 0 saturated heterocycles. The summed E-state index contributed by atoms with van der Waals surface area (Å²) in [6.45, 7) is 0. The molecule has 0 spiro atoms. The van der Waals surface area contributed by atoms with Gasteiger partial charge in [0.2, 0.25) is 0 Å². The minimum Gasteiger partial charge on any atom is -0.240 e. The van der Waals surface area contributed by atoms with Crippen molar-refractivity contribution in [1.29, 1.82) is 5.26 Å². The third-order valence-corrected chi connectivity index (χ3v) is 2.97. The smallest absolute Gasteiger partial charge is 0.126 e. The Morgan fingerprint density at radius 3 is 2.60 bits per heavy atom. The summed E-state index contributed by atoms with van der Waals surface area (Å²) < 4.78 is 15.0. The van der Waals surface area contributed by atoms with Crippen molar-refractivity contribution in [2.45, 2.75) is 0 Å². The minimum absolute atomic E-state index is 0.275. The Kier molecular flexibility index (Phi) is 3.02. The molecule has 1 heterocycles. The van der Waals surface area contributed by atoms with Crippen LogP contribution in [0.5, 0.6) is 0 Å². The summed E-state index contributed by atoms with van der Waals surface area (Å²) in [4.78, 5) is 0. The van der Waals surface area contributed by atoms with Crippen molar-refractivity contribution in [2.75, 3.05) is 0 Å². The summed E-state index contributed by atoms with van der Waals surface area (Å²) >= 11 is 0. The van der Waals surface area contributed by atoms with E-state index in [2.05, 4.69) is 5.10 Å². The highest BCUT2D eigenvalue weighted by Crippen LogP contribution is 2.20. The van der Waals surface area contributed by atoms with E-state index in [1.54, 1.807) is 16.9 Å². The van der Waals surface area contributed by atoms with Crippen LogP contribution in [0.1, 0.15) is 5.56 Å². The molecule has 3 aromatic rings. The maximum atomic E-state index is 13.4. The second kappa shape index (κ2) is 4.98. The maximum absolute atomic E-state index is 13.4. The molecular weight excluding hydrogens is 253 g/mol. The van der Waals surface area contributed by atoms with Crippen LogP contribution in [-0.2, 0) is 0 Å². The fourth-order valence-corrected chi connectivity index (χ4v) is 2.01. The van der Waals surface area contributed by atoms with E-state index >= 15 is 0 Å². The van der Waals surface area contributed by atoms with Gasteiger partial charge in [-0.1, -0.05) is 30.3 Å². The van der Waals surface area contributed by atoms with Gasteiger partial charge in [0, 0.05) is 11.8 Å². The van der Waals surface area contributed by atoms with E-state index in [1.807, 2.05) is 42.6 Å². The van der Waals surface area contributed by atoms with Crippen molar-refractivity contribution in [3.63, 3.8) is 0 Å². The molecule has 0 N–H and O–H groups in total. The highest BCUT2D eigenvalue weighted by Gasteiger charge is 2.06. The van der Waals surface area contributed by atoms with Gasteiger partial charge in [-0.3, -0.25) is 0 Å². The molecule has 0 atom stereocenters. The molecule has 0 amide bonds. The third kappa shape index (κ3) is 2.29. The van der Waals surface area contributed by atoms with Crippen LogP contribution in [0.15, 0.2) is 60.9 Å². The quantitative estimate of drug-likeness (QED) is 0.709. The Morgan fingerprint density at radius 2 is 1.85 bits per heavy atom. The SMILES string of the molecule is N#Cc1cc(F)cc(-n2cc(-c3ccccc3)cn2)c1. The van der Waals surface area contributed by atoms with E-state index in [9.17, 15) is 4.39 Å². The van der Waals surface area contributed by atoms with Gasteiger partial charge in [-0.25, -0.2) is 9.07 Å². The number of hydrogen-bond acceptors (Lipinski definition) is 2. The number of halogens is 1. The summed E-state index contributed by atoms with van der Waals surface area (Å²) in [7, 11) is 0. The van der Waals surface area contributed by atoms with Gasteiger partial charge in [-0.15, -0.1) is 0 Å². The lowest BCUT2D eigenvalue weighted by atomic mass is 10.1. The predicted octanol–water partition coefficient (Wildman–Crippen LogP) is 3.55. The molecular formula is C16H10FN3. The Balaban J connectivity index is 2.03. The molecule has 96 valence electrons. The van der Waals surface area contributed by atoms with Gasteiger partial charge in [0.25, 0.3) is 0 Å². The molecule has 0 aliphatic rings. The van der Waals surface area contributed by atoms with Crippen LogP contribution in [0, 0.1) is 17.1 Å². The van der Waals surface area contributed by atoms with Gasteiger partial charge >= 0.3 is 0 Å². The average molecular weight is 263 g/mol. The van der Waals surface area contributed by atoms with Crippen molar-refractivity contribution in [1.82, 2.24) is 9.78 Å². The molecule has 0 bridgehead atoms. The van der Waals surface area contributed by atoms with E-state index in [4.69, 9.17) is 5.26 Å². The predicted molar refractivity (Wildman–Crippen MR) is 73.7 cm³/mol. The highest BCUT2D eigenvalue weighted by atomic mass is 19.1. The molecule has 20 heavy (non-hydrogen) atoms. The van der Waals surface area contributed by atoms with Crippen LogP contribution >= 0.6 is 0 Å². The van der Waals surface area contributed by atoms with Crippen LogP contribution < -0.4 is 0 Å². The van der Waals surface area contributed by atoms with Crippen LogP contribution in [0.3, 0.4) is 0 Å². The third-order valence-electron chi connectivity index (χ3n) is 2.97. The lowest BCUT2D eigenvalue weighted by Crippen LogP contribution is -1.96. The number of hydrogen-bond donors (Lipinski definition) is 0. The molecule has 0 fully saturated rings. The van der Waals surface area contributed by atoms with E-state index in [-0.39, 0.29) is 5.56 Å². The number of benzene rings is 2. The van der Waals surface area contributed by atoms with Crippen molar-refractivity contribution in [3.05, 3.63) is 72.3 Å². The molecule has 1 aromatic heterocycles. The molecule has 3 nitrogen and oxygen atoms in total. The largest absolute Gasteiger partial charge is 0.240 e. The maximum Gasteiger partial charge on any atom is 0.126 e. The molecule has 2 aromatic carbocycles. The molecule has 0 aliphatic carbocycles. The van der Waals surface area contributed by atoms with Crippen LogP contribution in [0.2, 0.25) is 0 Å². The lowest BCUT2D eigenvalue weighted by Gasteiger charge is -2.02. The molecule has 0 radical (unpaired) electrons. The van der Waals surface area contributed by atoms with Gasteiger partial charge in [0.15, 0.2) is 0 Å². The highest BCUT2D eigenvalue weighted by molar-refractivity contribution is 5.62. The first-order valence-electron chi connectivity index (χ1n) is 6.07. The van der Waals surface area contributed by atoms with Gasteiger partial charge in [0.05, 0.1) is 23.5 Å². The molecule has 0 aliphatic heterocycles. The topological polar surface area (TPSA) is 41.6 Å². The number of rotatable bonds is 2. The fourth-order valence-electron chi connectivity index (χ4n) is 2.01. The van der Waals surface area contributed by atoms with E-state index in [0.717, 1.165) is 11.1 Å². The average Bonchev–Trinajstić information content (AvgIpc) is 2.97. The number of nitrogens with zero attached hydrogens (tertiary/aromatic N) is 3. The van der Waals surface area contributed by atoms with E-state index in [1.165, 1.54) is 12.1 Å². The lowest BCUT2D eigenvalue weighted by molar-refractivity contribution is 0.625. The molecule has 0 unspecified atom stereocenters. The Hall–Kier alpha value is -2.93. The van der Waals surface area contributed by atoms with E-state index < -0.39 is 5.82 Å². The van der Waals surface area contributed by atoms with Gasteiger partial charge in [-0.2, -0.15) is 10.4 Å². The first kappa shape index (κ1) is 12.1. The van der Waals surface area contributed by atoms with Crippen molar-refractivity contribution in [2.24, 2.45) is 0 Å².